The summed E-state index contributed by atoms with van der Waals surface area (Å²) in [5.41, 5.74) is 0. The second-order valence-corrected chi connectivity index (χ2v) is 6.51. The molecule has 1 saturated carbocycles. The number of nitrogens with one attached hydrogen (secondary N) is 1. The highest BCUT2D eigenvalue weighted by Gasteiger charge is 2.18. The minimum atomic E-state index is 0.0376. The predicted octanol–water partition coefficient (Wildman–Crippen LogP) is 2.70. The molecular formula is C15H20N4OS. The molecule has 112 valence electrons. The molecular weight excluding hydrogens is 284 g/mol. The first-order chi connectivity index (χ1) is 10.3. The lowest BCUT2D eigenvalue weighted by Crippen LogP contribution is -2.27. The number of hydrogen-bond acceptors (Lipinski definition) is 4. The number of rotatable bonds is 5. The zero-order chi connectivity index (χ0) is 14.5. The van der Waals surface area contributed by atoms with Crippen LogP contribution in [0.15, 0.2) is 23.8 Å². The van der Waals surface area contributed by atoms with E-state index in [4.69, 9.17) is 0 Å². The molecule has 0 spiro atoms. The Hall–Kier alpha value is -1.69. The van der Waals surface area contributed by atoms with Gasteiger partial charge in [-0.1, -0.05) is 25.3 Å². The molecule has 1 fully saturated rings. The molecule has 1 amide bonds. The Bertz CT molecular complexity index is 572. The van der Waals surface area contributed by atoms with Gasteiger partial charge >= 0.3 is 0 Å². The van der Waals surface area contributed by atoms with Gasteiger partial charge in [0.2, 0.25) is 5.91 Å². The normalized spacial score (nSPS) is 16.0. The Morgan fingerprint density at radius 2 is 2.24 bits per heavy atom. The van der Waals surface area contributed by atoms with Gasteiger partial charge in [0.1, 0.15) is 6.33 Å². The van der Waals surface area contributed by atoms with Crippen molar-refractivity contribution in [2.45, 2.75) is 51.1 Å². The number of hydrogen-bond donors (Lipinski definition) is 1. The van der Waals surface area contributed by atoms with E-state index in [2.05, 4.69) is 20.1 Å². The molecule has 3 rings (SSSR count). The fourth-order valence-electron chi connectivity index (χ4n) is 2.87. The van der Waals surface area contributed by atoms with E-state index >= 15 is 0 Å². The van der Waals surface area contributed by atoms with Crippen molar-refractivity contribution in [1.82, 2.24) is 20.1 Å². The van der Waals surface area contributed by atoms with Gasteiger partial charge < -0.3 is 9.88 Å². The predicted molar refractivity (Wildman–Crippen MR) is 82.0 cm³/mol. The minimum absolute atomic E-state index is 0.0376. The Balaban J connectivity index is 1.55. The van der Waals surface area contributed by atoms with Crippen LogP contribution < -0.4 is 5.32 Å². The summed E-state index contributed by atoms with van der Waals surface area (Å²) in [6.07, 6.45) is 8.49. The lowest BCUT2D eigenvalue weighted by atomic mass is 9.95. The summed E-state index contributed by atoms with van der Waals surface area (Å²) in [5, 5.41) is 13.1. The maximum absolute atomic E-state index is 11.9. The third-order valence-corrected chi connectivity index (χ3v) is 4.85. The summed E-state index contributed by atoms with van der Waals surface area (Å²) in [6.45, 7) is 0.459. The maximum atomic E-state index is 11.9. The molecule has 0 radical (unpaired) electrons. The molecule has 1 aliphatic rings. The molecule has 2 aromatic rings. The fraction of sp³-hybridized carbons (Fsp3) is 0.533. The van der Waals surface area contributed by atoms with E-state index < -0.39 is 0 Å². The fourth-order valence-corrected chi connectivity index (χ4v) is 3.57. The van der Waals surface area contributed by atoms with E-state index in [0.29, 0.717) is 19.0 Å². The maximum Gasteiger partial charge on any atom is 0.225 e. The van der Waals surface area contributed by atoms with E-state index in [1.54, 1.807) is 17.7 Å². The lowest BCUT2D eigenvalue weighted by molar-refractivity contribution is -0.120. The number of nitrogens with zero attached hydrogens (tertiary/aromatic N) is 3. The van der Waals surface area contributed by atoms with Crippen molar-refractivity contribution in [2.24, 2.45) is 0 Å². The molecule has 5 nitrogen and oxygen atoms in total. The molecule has 0 atom stereocenters. The first kappa shape index (κ1) is 14.3. The van der Waals surface area contributed by atoms with Crippen molar-refractivity contribution < 1.29 is 4.79 Å². The zero-order valence-electron chi connectivity index (χ0n) is 12.0. The van der Waals surface area contributed by atoms with Gasteiger partial charge in [0.15, 0.2) is 5.82 Å². The van der Waals surface area contributed by atoms with Gasteiger partial charge in [0, 0.05) is 10.9 Å². The number of amides is 1. The van der Waals surface area contributed by atoms with Crippen molar-refractivity contribution in [2.75, 3.05) is 0 Å². The summed E-state index contributed by atoms with van der Waals surface area (Å²) in [4.78, 5) is 13.0. The van der Waals surface area contributed by atoms with Crippen LogP contribution in [-0.2, 0) is 17.8 Å². The van der Waals surface area contributed by atoms with Gasteiger partial charge in [-0.25, -0.2) is 0 Å². The topological polar surface area (TPSA) is 59.8 Å². The van der Waals surface area contributed by atoms with Crippen LogP contribution in [0.2, 0.25) is 0 Å². The number of thiophene rings is 1. The molecule has 0 aliphatic heterocycles. The lowest BCUT2D eigenvalue weighted by Gasteiger charge is -2.24. The highest BCUT2D eigenvalue weighted by Crippen LogP contribution is 2.28. The highest BCUT2D eigenvalue weighted by molar-refractivity contribution is 7.10. The minimum Gasteiger partial charge on any atom is -0.348 e. The molecule has 0 saturated heterocycles. The quantitative estimate of drug-likeness (QED) is 0.924. The van der Waals surface area contributed by atoms with E-state index in [0.717, 1.165) is 10.7 Å². The van der Waals surface area contributed by atoms with Crippen LogP contribution >= 0.6 is 11.3 Å². The van der Waals surface area contributed by atoms with Crippen molar-refractivity contribution in [3.63, 3.8) is 0 Å². The van der Waals surface area contributed by atoms with Gasteiger partial charge in [-0.15, -0.1) is 21.5 Å². The molecule has 0 unspecified atom stereocenters. The van der Waals surface area contributed by atoms with Gasteiger partial charge in [-0.05, 0) is 24.3 Å². The Kier molecular flexibility index (Phi) is 4.65. The van der Waals surface area contributed by atoms with Crippen LogP contribution in [0.1, 0.15) is 48.8 Å². The van der Waals surface area contributed by atoms with E-state index in [1.807, 2.05) is 17.5 Å². The van der Waals surface area contributed by atoms with Crippen LogP contribution in [0.4, 0.5) is 0 Å². The van der Waals surface area contributed by atoms with Gasteiger partial charge in [0.25, 0.3) is 0 Å². The van der Waals surface area contributed by atoms with Crippen molar-refractivity contribution in [3.05, 3.63) is 34.5 Å². The summed E-state index contributed by atoms with van der Waals surface area (Å²) < 4.78 is 2.14. The molecule has 6 heteroatoms. The first-order valence-corrected chi connectivity index (χ1v) is 8.38. The SMILES string of the molecule is O=C(Cc1cccs1)NCc1nncn1C1CCCCC1. The van der Waals surface area contributed by atoms with E-state index in [1.165, 1.54) is 32.1 Å². The number of carbonyl (C=O) groups excluding carboxylic acids is 1. The third-order valence-electron chi connectivity index (χ3n) is 3.97. The Morgan fingerprint density at radius 1 is 1.38 bits per heavy atom. The van der Waals surface area contributed by atoms with Gasteiger partial charge in [0.05, 0.1) is 13.0 Å². The van der Waals surface area contributed by atoms with Crippen LogP contribution in [0.25, 0.3) is 0 Å². The van der Waals surface area contributed by atoms with Gasteiger partial charge in [-0.3, -0.25) is 4.79 Å². The monoisotopic (exact) mass is 304 g/mol. The van der Waals surface area contributed by atoms with E-state index in [-0.39, 0.29) is 5.91 Å². The van der Waals surface area contributed by atoms with Crippen molar-refractivity contribution in [1.29, 1.82) is 0 Å². The summed E-state index contributed by atoms with van der Waals surface area (Å²) in [5.74, 6) is 0.900. The smallest absolute Gasteiger partial charge is 0.225 e. The molecule has 1 aliphatic carbocycles. The molecule has 1 N–H and O–H groups in total. The van der Waals surface area contributed by atoms with E-state index in [9.17, 15) is 4.79 Å². The summed E-state index contributed by atoms with van der Waals surface area (Å²) in [6, 6.07) is 4.44. The zero-order valence-corrected chi connectivity index (χ0v) is 12.8. The van der Waals surface area contributed by atoms with Crippen LogP contribution in [0, 0.1) is 0 Å². The standard InChI is InChI=1S/C15H20N4OS/c20-15(9-13-7-4-8-21-13)16-10-14-18-17-11-19(14)12-5-2-1-3-6-12/h4,7-8,11-12H,1-3,5-6,9-10H2,(H,16,20). The van der Waals surface area contributed by atoms with Crippen LogP contribution in [0.3, 0.4) is 0 Å². The van der Waals surface area contributed by atoms with Crippen molar-refractivity contribution in [3.8, 4) is 0 Å². The summed E-state index contributed by atoms with van der Waals surface area (Å²) in [7, 11) is 0. The highest BCUT2D eigenvalue weighted by atomic mass is 32.1. The van der Waals surface area contributed by atoms with Gasteiger partial charge in [-0.2, -0.15) is 0 Å². The molecule has 2 aromatic heterocycles. The molecule has 2 heterocycles. The van der Waals surface area contributed by atoms with Crippen LogP contribution in [-0.4, -0.2) is 20.7 Å². The molecule has 0 aromatic carbocycles. The molecule has 0 bridgehead atoms. The average molecular weight is 304 g/mol. The number of carbonyl (C=O) groups is 1. The second-order valence-electron chi connectivity index (χ2n) is 5.48. The Labute approximate surface area is 128 Å². The average Bonchev–Trinajstić information content (AvgIpc) is 3.17. The van der Waals surface area contributed by atoms with Crippen LogP contribution in [0.5, 0.6) is 0 Å². The Morgan fingerprint density at radius 3 is 3.00 bits per heavy atom. The molecule has 21 heavy (non-hydrogen) atoms. The number of aromatic nitrogens is 3. The first-order valence-electron chi connectivity index (χ1n) is 7.50. The third kappa shape index (κ3) is 3.69. The summed E-state index contributed by atoms with van der Waals surface area (Å²) >= 11 is 1.61. The van der Waals surface area contributed by atoms with Crippen molar-refractivity contribution >= 4 is 17.2 Å². The largest absolute Gasteiger partial charge is 0.348 e. The second kappa shape index (κ2) is 6.85.